The van der Waals surface area contributed by atoms with E-state index in [1.807, 2.05) is 18.3 Å². The lowest BCUT2D eigenvalue weighted by Gasteiger charge is -2.43. The van der Waals surface area contributed by atoms with Crippen molar-refractivity contribution in [3.8, 4) is 0 Å². The van der Waals surface area contributed by atoms with Crippen LogP contribution in [0.4, 0.5) is 10.3 Å². The van der Waals surface area contributed by atoms with Crippen LogP contribution in [0.2, 0.25) is 0 Å². The summed E-state index contributed by atoms with van der Waals surface area (Å²) >= 11 is 0. The van der Waals surface area contributed by atoms with E-state index in [9.17, 15) is 4.39 Å². The summed E-state index contributed by atoms with van der Waals surface area (Å²) in [6.45, 7) is 7.02. The van der Waals surface area contributed by atoms with E-state index in [2.05, 4.69) is 14.7 Å². The number of benzene rings is 1. The van der Waals surface area contributed by atoms with Gasteiger partial charge in [0.15, 0.2) is 0 Å². The molecule has 148 valence electrons. The Morgan fingerprint density at radius 2 is 1.79 bits per heavy atom. The molecule has 0 amide bonds. The lowest BCUT2D eigenvalue weighted by atomic mass is 9.91. The molecule has 0 radical (unpaired) electrons. The first-order valence-corrected chi connectivity index (χ1v) is 10.6. The minimum absolute atomic E-state index is 0.179. The van der Waals surface area contributed by atoms with E-state index in [0.29, 0.717) is 0 Å². The average molecular weight is 381 g/mol. The molecule has 1 saturated carbocycles. The number of anilines is 1. The van der Waals surface area contributed by atoms with E-state index >= 15 is 0 Å². The van der Waals surface area contributed by atoms with E-state index < -0.39 is 0 Å². The van der Waals surface area contributed by atoms with Crippen molar-refractivity contribution in [2.75, 3.05) is 37.6 Å². The van der Waals surface area contributed by atoms with Gasteiger partial charge in [0.25, 0.3) is 0 Å². The van der Waals surface area contributed by atoms with Crippen molar-refractivity contribution in [2.45, 2.75) is 44.8 Å². The SMILES string of the molecule is Fc1ccc(CN2CCc3nc(N4CCN(C5CCC5)CC4)ncc3C2)cc1. The molecule has 6 heteroatoms. The van der Waals surface area contributed by atoms with Crippen molar-refractivity contribution < 1.29 is 4.39 Å². The Labute approximate surface area is 166 Å². The van der Waals surface area contributed by atoms with Crippen molar-refractivity contribution in [1.82, 2.24) is 19.8 Å². The van der Waals surface area contributed by atoms with Crippen LogP contribution in [0.5, 0.6) is 0 Å². The molecule has 0 atom stereocenters. The van der Waals surface area contributed by atoms with E-state index in [1.165, 1.54) is 42.7 Å². The molecule has 28 heavy (non-hydrogen) atoms. The van der Waals surface area contributed by atoms with Gasteiger partial charge in [-0.25, -0.2) is 14.4 Å². The van der Waals surface area contributed by atoms with Crippen LogP contribution in [-0.4, -0.2) is 58.5 Å². The molecule has 3 aliphatic rings. The van der Waals surface area contributed by atoms with Gasteiger partial charge in [-0.1, -0.05) is 18.6 Å². The van der Waals surface area contributed by atoms with E-state index in [-0.39, 0.29) is 5.82 Å². The topological polar surface area (TPSA) is 35.5 Å². The molecular formula is C22H28FN5. The van der Waals surface area contributed by atoms with Crippen LogP contribution in [0.1, 0.15) is 36.1 Å². The number of fused-ring (bicyclic) bond motifs is 1. The Kier molecular flexibility index (Phi) is 4.99. The first kappa shape index (κ1) is 18.0. The number of rotatable bonds is 4. The zero-order valence-corrected chi connectivity index (χ0v) is 16.4. The van der Waals surface area contributed by atoms with Gasteiger partial charge < -0.3 is 4.90 Å². The van der Waals surface area contributed by atoms with Gasteiger partial charge >= 0.3 is 0 Å². The molecule has 1 saturated heterocycles. The summed E-state index contributed by atoms with van der Waals surface area (Å²) in [7, 11) is 0. The zero-order valence-electron chi connectivity index (χ0n) is 16.4. The predicted octanol–water partition coefficient (Wildman–Crippen LogP) is 2.85. The fraction of sp³-hybridized carbons (Fsp3) is 0.545. The first-order chi connectivity index (χ1) is 13.7. The number of hydrogen-bond donors (Lipinski definition) is 0. The quantitative estimate of drug-likeness (QED) is 0.814. The standard InChI is InChI=1S/C22H28FN5/c23-19-6-4-17(5-7-19)15-26-9-8-21-18(16-26)14-24-22(25-21)28-12-10-27(11-13-28)20-2-1-3-20/h4-7,14,20H,1-3,8-13,15-16H2. The van der Waals surface area contributed by atoms with Crippen molar-refractivity contribution in [3.63, 3.8) is 0 Å². The zero-order chi connectivity index (χ0) is 18.9. The van der Waals surface area contributed by atoms with Gasteiger partial charge in [0.2, 0.25) is 5.95 Å². The summed E-state index contributed by atoms with van der Waals surface area (Å²) in [5, 5.41) is 0. The highest BCUT2D eigenvalue weighted by atomic mass is 19.1. The third-order valence-corrected chi connectivity index (χ3v) is 6.51. The average Bonchev–Trinajstić information content (AvgIpc) is 2.69. The maximum atomic E-state index is 13.1. The molecule has 2 aromatic rings. The molecule has 1 aromatic carbocycles. The fourth-order valence-electron chi connectivity index (χ4n) is 4.54. The summed E-state index contributed by atoms with van der Waals surface area (Å²) in [6, 6.07) is 7.64. The summed E-state index contributed by atoms with van der Waals surface area (Å²) in [6.07, 6.45) is 7.13. The molecule has 1 aliphatic carbocycles. The summed E-state index contributed by atoms with van der Waals surface area (Å²) in [5.74, 6) is 0.723. The number of piperazine rings is 1. The van der Waals surface area contributed by atoms with Crippen LogP contribution in [0.25, 0.3) is 0 Å². The summed E-state index contributed by atoms with van der Waals surface area (Å²) in [5.41, 5.74) is 3.57. The largest absolute Gasteiger partial charge is 0.338 e. The van der Waals surface area contributed by atoms with Crippen LogP contribution >= 0.6 is 0 Å². The van der Waals surface area contributed by atoms with Gasteiger partial charge in [0.1, 0.15) is 5.82 Å². The van der Waals surface area contributed by atoms with E-state index in [1.54, 1.807) is 0 Å². The molecule has 5 nitrogen and oxygen atoms in total. The number of nitrogens with zero attached hydrogens (tertiary/aromatic N) is 5. The van der Waals surface area contributed by atoms with Crippen LogP contribution in [0, 0.1) is 5.82 Å². The Hall–Kier alpha value is -2.05. The van der Waals surface area contributed by atoms with Crippen molar-refractivity contribution in [2.24, 2.45) is 0 Å². The monoisotopic (exact) mass is 381 g/mol. The molecule has 0 bridgehead atoms. The molecule has 0 unspecified atom stereocenters. The lowest BCUT2D eigenvalue weighted by Crippen LogP contribution is -2.52. The fourth-order valence-corrected chi connectivity index (χ4v) is 4.54. The highest BCUT2D eigenvalue weighted by Crippen LogP contribution is 2.27. The lowest BCUT2D eigenvalue weighted by molar-refractivity contribution is 0.120. The third-order valence-electron chi connectivity index (χ3n) is 6.51. The molecular weight excluding hydrogens is 353 g/mol. The van der Waals surface area contributed by atoms with Crippen molar-refractivity contribution >= 4 is 5.95 Å². The van der Waals surface area contributed by atoms with Crippen molar-refractivity contribution in [3.05, 3.63) is 53.1 Å². The molecule has 3 heterocycles. The Balaban J connectivity index is 1.20. The van der Waals surface area contributed by atoms with Gasteiger partial charge in [-0.2, -0.15) is 0 Å². The highest BCUT2D eigenvalue weighted by Gasteiger charge is 2.29. The smallest absolute Gasteiger partial charge is 0.225 e. The molecule has 2 fully saturated rings. The minimum Gasteiger partial charge on any atom is -0.338 e. The van der Waals surface area contributed by atoms with Gasteiger partial charge in [-0.3, -0.25) is 9.80 Å². The summed E-state index contributed by atoms with van der Waals surface area (Å²) in [4.78, 5) is 17.0. The van der Waals surface area contributed by atoms with Gasteiger partial charge in [-0.05, 0) is 30.5 Å². The summed E-state index contributed by atoms with van der Waals surface area (Å²) < 4.78 is 13.1. The Bertz CT molecular complexity index is 812. The minimum atomic E-state index is -0.179. The molecule has 0 N–H and O–H groups in total. The van der Waals surface area contributed by atoms with Crippen LogP contribution < -0.4 is 4.90 Å². The normalized spacial score (nSPS) is 21.4. The maximum absolute atomic E-state index is 13.1. The van der Waals surface area contributed by atoms with Crippen molar-refractivity contribution in [1.29, 1.82) is 0 Å². The van der Waals surface area contributed by atoms with E-state index in [4.69, 9.17) is 9.97 Å². The van der Waals surface area contributed by atoms with Crippen LogP contribution in [-0.2, 0) is 19.5 Å². The number of halogens is 1. The molecule has 2 aliphatic heterocycles. The van der Waals surface area contributed by atoms with Gasteiger partial charge in [-0.15, -0.1) is 0 Å². The predicted molar refractivity (Wildman–Crippen MR) is 108 cm³/mol. The maximum Gasteiger partial charge on any atom is 0.225 e. The first-order valence-electron chi connectivity index (χ1n) is 10.6. The third kappa shape index (κ3) is 3.76. The molecule has 5 rings (SSSR count). The second kappa shape index (κ2) is 7.76. The van der Waals surface area contributed by atoms with Crippen LogP contribution in [0.15, 0.2) is 30.5 Å². The number of aromatic nitrogens is 2. The van der Waals surface area contributed by atoms with Crippen LogP contribution in [0.3, 0.4) is 0 Å². The Morgan fingerprint density at radius 1 is 1.00 bits per heavy atom. The highest BCUT2D eigenvalue weighted by molar-refractivity contribution is 5.35. The van der Waals surface area contributed by atoms with E-state index in [0.717, 1.165) is 69.8 Å². The molecule has 0 spiro atoms. The second-order valence-corrected chi connectivity index (χ2v) is 8.34. The van der Waals surface area contributed by atoms with Gasteiger partial charge in [0.05, 0.1) is 5.69 Å². The second-order valence-electron chi connectivity index (χ2n) is 8.34. The Morgan fingerprint density at radius 3 is 2.50 bits per heavy atom. The number of hydrogen-bond acceptors (Lipinski definition) is 5. The molecule has 1 aromatic heterocycles. The van der Waals surface area contributed by atoms with Gasteiger partial charge in [0, 0.05) is 70.0 Å².